The minimum Gasteiger partial charge on any atom is -0.496 e. The van der Waals surface area contributed by atoms with Crippen LogP contribution in [0.3, 0.4) is 0 Å². The Morgan fingerprint density at radius 1 is 0.532 bits per heavy atom. The molecular formula is C52H54N2O8. The second-order valence-corrected chi connectivity index (χ2v) is 15.8. The van der Waals surface area contributed by atoms with Gasteiger partial charge < -0.3 is 39.8 Å². The van der Waals surface area contributed by atoms with Gasteiger partial charge in [-0.15, -0.1) is 0 Å². The van der Waals surface area contributed by atoms with Gasteiger partial charge in [0.2, 0.25) is 11.8 Å². The lowest BCUT2D eigenvalue weighted by Gasteiger charge is -2.54. The van der Waals surface area contributed by atoms with Gasteiger partial charge in [-0.25, -0.2) is 0 Å². The number of hydrogen-bond acceptors (Lipinski definition) is 8. The molecule has 2 amide bonds. The predicted molar refractivity (Wildman–Crippen MR) is 238 cm³/mol. The van der Waals surface area contributed by atoms with Gasteiger partial charge in [0.15, 0.2) is 0 Å². The molecule has 0 aliphatic heterocycles. The van der Waals surface area contributed by atoms with Crippen LogP contribution in [0.15, 0.2) is 158 Å². The van der Waals surface area contributed by atoms with E-state index in [1.54, 1.807) is 102 Å². The van der Waals surface area contributed by atoms with E-state index in [0.717, 1.165) is 11.1 Å². The van der Waals surface area contributed by atoms with E-state index in [-0.39, 0.29) is 25.7 Å². The Balaban J connectivity index is 1.69. The van der Waals surface area contributed by atoms with Gasteiger partial charge in [0.1, 0.15) is 39.6 Å². The Kier molecular flexibility index (Phi) is 13.0. The van der Waals surface area contributed by atoms with Crippen LogP contribution in [-0.4, -0.2) is 67.5 Å². The fourth-order valence-corrected chi connectivity index (χ4v) is 9.26. The van der Waals surface area contributed by atoms with Crippen LogP contribution in [0.5, 0.6) is 23.0 Å². The maximum atomic E-state index is 16.5. The Morgan fingerprint density at radius 2 is 0.823 bits per heavy atom. The Morgan fingerprint density at radius 3 is 1.08 bits per heavy atom. The number of ether oxygens (including phenoxy) is 4. The van der Waals surface area contributed by atoms with Crippen LogP contribution in [-0.2, 0) is 33.6 Å². The molecule has 1 saturated carbocycles. The fourth-order valence-electron chi connectivity index (χ4n) is 9.26. The van der Waals surface area contributed by atoms with Crippen LogP contribution in [0.25, 0.3) is 0 Å². The van der Waals surface area contributed by atoms with Crippen LogP contribution in [0.2, 0.25) is 0 Å². The smallest absolute Gasteiger partial charge is 0.239 e. The summed E-state index contributed by atoms with van der Waals surface area (Å²) in [6.45, 7) is 0. The molecule has 0 saturated heterocycles. The first-order valence-electron chi connectivity index (χ1n) is 20.8. The van der Waals surface area contributed by atoms with Gasteiger partial charge in [-0.2, -0.15) is 0 Å². The topological polar surface area (TPSA) is 141 Å². The summed E-state index contributed by atoms with van der Waals surface area (Å²) in [4.78, 5) is 32.0. The maximum Gasteiger partial charge on any atom is 0.239 e. The lowest BCUT2D eigenvalue weighted by Crippen LogP contribution is -2.68. The zero-order chi connectivity index (χ0) is 43.9. The molecule has 1 fully saturated rings. The normalized spacial score (nSPS) is 14.4. The number of nitrogens with zero attached hydrogens (tertiary/aromatic N) is 1. The summed E-state index contributed by atoms with van der Waals surface area (Å²) in [5.41, 5.74) is 3.12. The number of carbonyl (C=O) groups is 2. The van der Waals surface area contributed by atoms with Gasteiger partial charge in [0.05, 0.1) is 40.5 Å². The van der Waals surface area contributed by atoms with E-state index in [0.29, 0.717) is 51.7 Å². The summed E-state index contributed by atoms with van der Waals surface area (Å²) in [6.07, 6.45) is 0.969. The highest BCUT2D eigenvalue weighted by Gasteiger charge is 2.61. The first-order valence-corrected chi connectivity index (χ1v) is 20.8. The van der Waals surface area contributed by atoms with Crippen LogP contribution >= 0.6 is 0 Å². The first-order chi connectivity index (χ1) is 30.1. The van der Waals surface area contributed by atoms with Gasteiger partial charge in [0, 0.05) is 22.3 Å². The van der Waals surface area contributed by atoms with Gasteiger partial charge in [0.25, 0.3) is 0 Å². The van der Waals surface area contributed by atoms with Gasteiger partial charge >= 0.3 is 0 Å². The Bertz CT molecular complexity index is 2230. The standard InChI is InChI=1S/C52H54N2O8/c1-59-42-28-15-11-24-38(42)51(57,39-25-12-16-29-43(39)60-2)46(34-36-20-7-5-8-21-36)54(49(56)50(48(53)55)32-19-33-50)47(35-37-22-9-6-10-23-37)52(58,40-26-13-17-30-44(40)61-3)41-27-14-18-31-45(41)62-4/h5-18,20-31,46-47,57-58H,19,32-35H2,1-4H3,(H2,53,55)/t46-,47?/m1/s1. The van der Waals surface area contributed by atoms with Crippen molar-refractivity contribution in [3.05, 3.63) is 191 Å². The van der Waals surface area contributed by atoms with Crippen LogP contribution in [0.1, 0.15) is 52.6 Å². The zero-order valence-corrected chi connectivity index (χ0v) is 35.6. The number of amides is 2. The third-order valence-corrected chi connectivity index (χ3v) is 12.6. The number of nitrogens with two attached hydrogens (primary N) is 1. The Labute approximate surface area is 363 Å². The van der Waals surface area contributed by atoms with Crippen molar-refractivity contribution in [2.24, 2.45) is 11.1 Å². The SMILES string of the molecule is COc1ccccc1C(O)(c1ccccc1OC)C(Cc1ccccc1)N(C(=O)C1(C(N)=O)CCC1)[C@H](Cc1ccccc1)C(O)(c1ccccc1OC)c1ccccc1OC. The third-order valence-electron chi connectivity index (χ3n) is 12.6. The molecule has 0 heterocycles. The van der Waals surface area contributed by atoms with E-state index < -0.39 is 40.5 Å². The van der Waals surface area contributed by atoms with Gasteiger partial charge in [-0.1, -0.05) is 140 Å². The molecule has 0 aromatic heterocycles. The molecule has 1 aliphatic rings. The number of aliphatic hydroxyl groups is 2. The molecule has 7 rings (SSSR count). The molecule has 10 nitrogen and oxygen atoms in total. The van der Waals surface area contributed by atoms with Crippen molar-refractivity contribution < 1.29 is 38.7 Å². The van der Waals surface area contributed by atoms with E-state index >= 15 is 4.79 Å². The Hall–Kier alpha value is -6.62. The van der Waals surface area contributed by atoms with E-state index in [9.17, 15) is 15.0 Å². The van der Waals surface area contributed by atoms with Crippen molar-refractivity contribution in [1.29, 1.82) is 0 Å². The summed E-state index contributed by atoms with van der Waals surface area (Å²) in [6, 6.07) is 44.8. The molecule has 0 radical (unpaired) electrons. The molecule has 0 spiro atoms. The van der Waals surface area contributed by atoms with E-state index in [1.807, 2.05) is 60.7 Å². The summed E-state index contributed by atoms with van der Waals surface area (Å²) < 4.78 is 24.1. The lowest BCUT2D eigenvalue weighted by atomic mass is 9.65. The molecule has 6 aromatic carbocycles. The highest BCUT2D eigenvalue weighted by Crippen LogP contribution is 2.53. The van der Waals surface area contributed by atoms with Crippen molar-refractivity contribution in [3.63, 3.8) is 0 Å². The van der Waals surface area contributed by atoms with E-state index in [1.165, 1.54) is 28.4 Å². The number of rotatable bonds is 18. The number of hydrogen-bond donors (Lipinski definition) is 3. The fraction of sp³-hybridized carbons (Fsp3) is 0.269. The molecule has 10 heteroatoms. The molecule has 6 aromatic rings. The molecule has 1 unspecified atom stereocenters. The number of methoxy groups -OCH3 is 4. The maximum absolute atomic E-state index is 16.5. The van der Waals surface area contributed by atoms with Crippen LogP contribution < -0.4 is 24.7 Å². The van der Waals surface area contributed by atoms with Crippen LogP contribution in [0.4, 0.5) is 0 Å². The minimum absolute atomic E-state index is 0.0211. The molecule has 1 aliphatic carbocycles. The average molecular weight is 835 g/mol. The number of primary amides is 1. The third kappa shape index (κ3) is 7.76. The highest BCUT2D eigenvalue weighted by atomic mass is 16.5. The number of para-hydroxylation sites is 4. The quantitative estimate of drug-likeness (QED) is 0.0753. The molecule has 4 N–H and O–H groups in total. The summed E-state index contributed by atoms with van der Waals surface area (Å²) in [5.74, 6) is -0.0720. The largest absolute Gasteiger partial charge is 0.496 e. The highest BCUT2D eigenvalue weighted by molar-refractivity contribution is 6.05. The number of carbonyl (C=O) groups excluding carboxylic acids is 2. The number of benzene rings is 6. The van der Waals surface area contributed by atoms with Crippen LogP contribution in [0, 0.1) is 5.41 Å². The van der Waals surface area contributed by atoms with Crippen molar-refractivity contribution >= 4 is 11.8 Å². The zero-order valence-electron chi connectivity index (χ0n) is 35.6. The van der Waals surface area contributed by atoms with Crippen molar-refractivity contribution in [3.8, 4) is 23.0 Å². The molecule has 2 atom stereocenters. The van der Waals surface area contributed by atoms with Gasteiger partial charge in [-0.05, 0) is 61.1 Å². The monoisotopic (exact) mass is 834 g/mol. The first kappa shape index (κ1) is 43.5. The average Bonchev–Trinajstić information content (AvgIpc) is 3.30. The molecule has 0 bridgehead atoms. The minimum atomic E-state index is -2.18. The van der Waals surface area contributed by atoms with Crippen molar-refractivity contribution in [1.82, 2.24) is 4.90 Å². The van der Waals surface area contributed by atoms with Crippen molar-refractivity contribution in [2.45, 2.75) is 55.4 Å². The predicted octanol–water partition coefficient (Wildman–Crippen LogP) is 7.60. The summed E-state index contributed by atoms with van der Waals surface area (Å²) >= 11 is 0. The van der Waals surface area contributed by atoms with Crippen molar-refractivity contribution in [2.75, 3.05) is 28.4 Å². The van der Waals surface area contributed by atoms with E-state index in [4.69, 9.17) is 24.7 Å². The second-order valence-electron chi connectivity index (χ2n) is 15.8. The van der Waals surface area contributed by atoms with E-state index in [2.05, 4.69) is 0 Å². The molecule has 320 valence electrons. The summed E-state index contributed by atoms with van der Waals surface area (Å²) in [5, 5.41) is 28.9. The van der Waals surface area contributed by atoms with Gasteiger partial charge in [-0.3, -0.25) is 9.59 Å². The second kappa shape index (κ2) is 18.6. The lowest BCUT2D eigenvalue weighted by molar-refractivity contribution is -0.172. The molecular weight excluding hydrogens is 781 g/mol. The summed E-state index contributed by atoms with van der Waals surface area (Å²) in [7, 11) is 6.08. The molecule has 62 heavy (non-hydrogen) atoms.